The van der Waals surface area contributed by atoms with Gasteiger partial charge in [-0.25, -0.2) is 8.42 Å². The molecule has 0 aromatic heterocycles. The number of anilines is 1. The van der Waals surface area contributed by atoms with Gasteiger partial charge in [0.2, 0.25) is 0 Å². The molecule has 0 saturated carbocycles. The predicted molar refractivity (Wildman–Crippen MR) is 75.4 cm³/mol. The number of benzene rings is 2. The van der Waals surface area contributed by atoms with E-state index >= 15 is 0 Å². The van der Waals surface area contributed by atoms with Gasteiger partial charge in [0.15, 0.2) is 0 Å². The summed E-state index contributed by atoms with van der Waals surface area (Å²) >= 11 is 11.6. The normalized spacial score (nSPS) is 11.3. The van der Waals surface area contributed by atoms with Crippen molar-refractivity contribution in [2.24, 2.45) is 0 Å². The van der Waals surface area contributed by atoms with E-state index in [9.17, 15) is 13.5 Å². The quantitative estimate of drug-likeness (QED) is 0.910. The van der Waals surface area contributed by atoms with Crippen molar-refractivity contribution in [3.63, 3.8) is 0 Å². The molecule has 19 heavy (non-hydrogen) atoms. The predicted octanol–water partition coefficient (Wildman–Crippen LogP) is 3.50. The van der Waals surface area contributed by atoms with Crippen molar-refractivity contribution in [1.82, 2.24) is 0 Å². The van der Waals surface area contributed by atoms with E-state index in [2.05, 4.69) is 4.72 Å². The Morgan fingerprint density at radius 1 is 1.05 bits per heavy atom. The average Bonchev–Trinajstić information content (AvgIpc) is 2.33. The van der Waals surface area contributed by atoms with Crippen LogP contribution in [0.5, 0.6) is 5.75 Å². The molecule has 0 aliphatic rings. The van der Waals surface area contributed by atoms with Gasteiger partial charge in [0.05, 0.1) is 10.7 Å². The van der Waals surface area contributed by atoms with E-state index in [-0.39, 0.29) is 21.4 Å². The van der Waals surface area contributed by atoms with Gasteiger partial charge in [0.1, 0.15) is 10.6 Å². The van der Waals surface area contributed by atoms with E-state index in [1.54, 1.807) is 0 Å². The number of hydrogen-bond donors (Lipinski definition) is 2. The Balaban J connectivity index is 2.40. The van der Waals surface area contributed by atoms with Gasteiger partial charge in [-0.05, 0) is 30.3 Å². The zero-order valence-corrected chi connectivity index (χ0v) is 11.8. The molecule has 7 heteroatoms. The molecule has 0 aliphatic carbocycles. The zero-order valence-electron chi connectivity index (χ0n) is 9.47. The molecule has 0 bridgehead atoms. The van der Waals surface area contributed by atoms with E-state index in [1.807, 2.05) is 0 Å². The number of sulfonamides is 1. The fraction of sp³-hybridized carbons (Fsp3) is 0. The van der Waals surface area contributed by atoms with Crippen LogP contribution in [0.3, 0.4) is 0 Å². The molecule has 0 unspecified atom stereocenters. The van der Waals surface area contributed by atoms with Crippen LogP contribution in [0.2, 0.25) is 10.0 Å². The van der Waals surface area contributed by atoms with Crippen molar-refractivity contribution in [3.8, 4) is 5.75 Å². The highest BCUT2D eigenvalue weighted by Crippen LogP contribution is 2.29. The number of nitrogens with one attached hydrogen (secondary N) is 1. The molecule has 0 spiro atoms. The van der Waals surface area contributed by atoms with E-state index in [4.69, 9.17) is 23.2 Å². The van der Waals surface area contributed by atoms with E-state index in [1.165, 1.54) is 42.5 Å². The number of phenolic OH excluding ortho intramolecular Hbond substituents is 1. The molecule has 0 atom stereocenters. The highest BCUT2D eigenvalue weighted by Gasteiger charge is 2.19. The summed E-state index contributed by atoms with van der Waals surface area (Å²) < 4.78 is 26.5. The maximum Gasteiger partial charge on any atom is 0.265 e. The molecule has 0 heterocycles. The van der Waals surface area contributed by atoms with Crippen LogP contribution in [-0.4, -0.2) is 13.5 Å². The van der Waals surface area contributed by atoms with E-state index < -0.39 is 10.0 Å². The first kappa shape index (κ1) is 14.0. The van der Waals surface area contributed by atoms with Crippen LogP contribution in [0, 0.1) is 0 Å². The fourth-order valence-electron chi connectivity index (χ4n) is 1.46. The van der Waals surface area contributed by atoms with Crippen molar-refractivity contribution in [2.75, 3.05) is 4.72 Å². The third-order valence-corrected chi connectivity index (χ3v) is 4.29. The molecule has 100 valence electrons. The minimum atomic E-state index is -3.91. The van der Waals surface area contributed by atoms with Gasteiger partial charge in [-0.1, -0.05) is 35.3 Å². The second kappa shape index (κ2) is 5.28. The average molecular weight is 318 g/mol. The molecule has 0 fully saturated rings. The molecule has 2 rings (SSSR count). The summed E-state index contributed by atoms with van der Waals surface area (Å²) in [5, 5.41) is 10.1. The summed E-state index contributed by atoms with van der Waals surface area (Å²) in [5.74, 6) is -0.333. The van der Waals surface area contributed by atoms with Crippen molar-refractivity contribution in [3.05, 3.63) is 52.5 Å². The Bertz CT molecular complexity index is 717. The molecule has 2 N–H and O–H groups in total. The van der Waals surface area contributed by atoms with Crippen molar-refractivity contribution >= 4 is 38.9 Å². The highest BCUT2D eigenvalue weighted by molar-refractivity contribution is 7.92. The number of hydrogen-bond acceptors (Lipinski definition) is 3. The second-order valence-electron chi connectivity index (χ2n) is 3.70. The van der Waals surface area contributed by atoms with Crippen molar-refractivity contribution in [1.29, 1.82) is 0 Å². The van der Waals surface area contributed by atoms with Crippen molar-refractivity contribution in [2.45, 2.75) is 4.90 Å². The van der Waals surface area contributed by atoms with Crippen LogP contribution in [0.4, 0.5) is 5.69 Å². The summed E-state index contributed by atoms with van der Waals surface area (Å²) in [6, 6.07) is 10.0. The Morgan fingerprint density at radius 2 is 1.74 bits per heavy atom. The molecule has 0 amide bonds. The topological polar surface area (TPSA) is 66.4 Å². The molecule has 2 aromatic carbocycles. The Morgan fingerprint density at radius 3 is 2.37 bits per heavy atom. The summed E-state index contributed by atoms with van der Waals surface area (Å²) in [6.07, 6.45) is 0. The fourth-order valence-corrected chi connectivity index (χ4v) is 3.15. The molecule has 0 aliphatic heterocycles. The standard InChI is InChI=1S/C12H9Cl2NO3S/c13-8-5-6-10(9(14)7-8)15-19(17,18)12-4-2-1-3-11(12)16/h1-7,15-16H. The maximum absolute atomic E-state index is 12.1. The Kier molecular flexibility index (Phi) is 3.89. The number of rotatable bonds is 3. The molecule has 2 aromatic rings. The Hall–Kier alpha value is -1.43. The Labute approximate surface area is 120 Å². The van der Waals surface area contributed by atoms with Crippen LogP contribution in [0.15, 0.2) is 47.4 Å². The minimum Gasteiger partial charge on any atom is -0.507 e. The monoisotopic (exact) mass is 317 g/mol. The number of para-hydroxylation sites is 1. The van der Waals surface area contributed by atoms with Gasteiger partial charge in [0.25, 0.3) is 10.0 Å². The smallest absolute Gasteiger partial charge is 0.265 e. The molecule has 0 saturated heterocycles. The van der Waals surface area contributed by atoms with Gasteiger partial charge < -0.3 is 5.11 Å². The lowest BCUT2D eigenvalue weighted by molar-refractivity contribution is 0.459. The lowest BCUT2D eigenvalue weighted by atomic mass is 10.3. The SMILES string of the molecule is O=S(=O)(Nc1ccc(Cl)cc1Cl)c1ccccc1O. The van der Waals surface area contributed by atoms with E-state index in [0.717, 1.165) is 0 Å². The van der Waals surface area contributed by atoms with Crippen LogP contribution >= 0.6 is 23.2 Å². The first-order valence-electron chi connectivity index (χ1n) is 5.16. The van der Waals surface area contributed by atoms with Crippen LogP contribution in [-0.2, 0) is 10.0 Å². The van der Waals surface area contributed by atoms with Crippen LogP contribution in [0.25, 0.3) is 0 Å². The summed E-state index contributed by atoms with van der Waals surface area (Å²) in [4.78, 5) is -0.221. The molecular weight excluding hydrogens is 309 g/mol. The minimum absolute atomic E-state index is 0.173. The van der Waals surface area contributed by atoms with Crippen LogP contribution < -0.4 is 4.72 Å². The van der Waals surface area contributed by atoms with Gasteiger partial charge >= 0.3 is 0 Å². The molecule has 0 radical (unpaired) electrons. The van der Waals surface area contributed by atoms with Gasteiger partial charge in [0, 0.05) is 5.02 Å². The highest BCUT2D eigenvalue weighted by atomic mass is 35.5. The van der Waals surface area contributed by atoms with E-state index in [0.29, 0.717) is 5.02 Å². The first-order valence-corrected chi connectivity index (χ1v) is 7.40. The molecular formula is C12H9Cl2NO3S. The summed E-state index contributed by atoms with van der Waals surface area (Å²) in [6.45, 7) is 0. The lowest BCUT2D eigenvalue weighted by Crippen LogP contribution is -2.13. The maximum atomic E-state index is 12.1. The summed E-state index contributed by atoms with van der Waals surface area (Å²) in [7, 11) is -3.91. The van der Waals surface area contributed by atoms with Gasteiger partial charge in [-0.2, -0.15) is 0 Å². The second-order valence-corrected chi connectivity index (χ2v) is 6.19. The lowest BCUT2D eigenvalue weighted by Gasteiger charge is -2.10. The molecule has 4 nitrogen and oxygen atoms in total. The first-order chi connectivity index (χ1) is 8.90. The zero-order chi connectivity index (χ0) is 14.0. The largest absolute Gasteiger partial charge is 0.507 e. The van der Waals surface area contributed by atoms with Crippen LogP contribution in [0.1, 0.15) is 0 Å². The number of aromatic hydroxyl groups is 1. The number of phenols is 1. The summed E-state index contributed by atoms with van der Waals surface area (Å²) in [5.41, 5.74) is 0.189. The third-order valence-electron chi connectivity index (χ3n) is 2.33. The van der Waals surface area contributed by atoms with Gasteiger partial charge in [-0.15, -0.1) is 0 Å². The van der Waals surface area contributed by atoms with Crippen molar-refractivity contribution < 1.29 is 13.5 Å². The third kappa shape index (κ3) is 3.12. The van der Waals surface area contributed by atoms with Gasteiger partial charge in [-0.3, -0.25) is 4.72 Å². The number of halogens is 2.